The molecule has 1 aromatic carbocycles. The number of benzene rings is 1. The van der Waals surface area contributed by atoms with E-state index in [4.69, 9.17) is 0 Å². The van der Waals surface area contributed by atoms with Gasteiger partial charge >= 0.3 is 6.18 Å². The number of rotatable bonds is 4. The van der Waals surface area contributed by atoms with Gasteiger partial charge in [0.15, 0.2) is 0 Å². The first-order chi connectivity index (χ1) is 9.40. The molecule has 0 bridgehead atoms. The van der Waals surface area contributed by atoms with E-state index in [2.05, 4.69) is 10.4 Å². The SMILES string of the molecule is CNC(Cn1ccc(C)n1)c1cccc(C(F)(F)F)c1. The van der Waals surface area contributed by atoms with Gasteiger partial charge in [0.1, 0.15) is 0 Å². The number of nitrogens with one attached hydrogen (secondary N) is 1. The van der Waals surface area contributed by atoms with Crippen molar-refractivity contribution in [3.63, 3.8) is 0 Å². The molecule has 6 heteroatoms. The summed E-state index contributed by atoms with van der Waals surface area (Å²) in [5, 5.41) is 7.28. The summed E-state index contributed by atoms with van der Waals surface area (Å²) in [6.07, 6.45) is -2.51. The number of aryl methyl sites for hydroxylation is 1. The predicted octanol–water partition coefficient (Wildman–Crippen LogP) is 3.17. The van der Waals surface area contributed by atoms with Crippen LogP contribution in [-0.4, -0.2) is 16.8 Å². The van der Waals surface area contributed by atoms with Crippen molar-refractivity contribution in [3.05, 3.63) is 53.3 Å². The van der Waals surface area contributed by atoms with Gasteiger partial charge in [0.25, 0.3) is 0 Å². The molecule has 20 heavy (non-hydrogen) atoms. The lowest BCUT2D eigenvalue weighted by Gasteiger charge is -2.18. The van der Waals surface area contributed by atoms with Gasteiger partial charge in [-0.1, -0.05) is 12.1 Å². The van der Waals surface area contributed by atoms with Crippen LogP contribution in [0.2, 0.25) is 0 Å². The number of nitrogens with zero attached hydrogens (tertiary/aromatic N) is 2. The van der Waals surface area contributed by atoms with Crippen LogP contribution in [-0.2, 0) is 12.7 Å². The second-order valence-corrected chi connectivity index (χ2v) is 4.64. The maximum absolute atomic E-state index is 12.7. The summed E-state index contributed by atoms with van der Waals surface area (Å²) in [5.74, 6) is 0. The molecule has 2 aromatic rings. The standard InChI is InChI=1S/C14H16F3N3/c1-10-6-7-20(19-10)9-13(18-2)11-4-3-5-12(8-11)14(15,16)17/h3-8,13,18H,9H2,1-2H3. The molecule has 0 radical (unpaired) electrons. The number of aromatic nitrogens is 2. The molecule has 1 heterocycles. The van der Waals surface area contributed by atoms with Gasteiger partial charge in [-0.3, -0.25) is 4.68 Å². The molecule has 0 aliphatic rings. The Morgan fingerprint density at radius 3 is 2.60 bits per heavy atom. The molecule has 2 rings (SSSR count). The Labute approximate surface area is 115 Å². The van der Waals surface area contributed by atoms with Gasteiger partial charge in [-0.25, -0.2) is 0 Å². The molecule has 1 N–H and O–H groups in total. The average Bonchev–Trinajstić information content (AvgIpc) is 2.81. The normalized spacial score (nSPS) is 13.4. The summed E-state index contributed by atoms with van der Waals surface area (Å²) >= 11 is 0. The van der Waals surface area contributed by atoms with Crippen LogP contribution in [0.1, 0.15) is 22.9 Å². The quantitative estimate of drug-likeness (QED) is 0.934. The molecule has 0 spiro atoms. The summed E-state index contributed by atoms with van der Waals surface area (Å²) in [7, 11) is 1.72. The summed E-state index contributed by atoms with van der Waals surface area (Å²) in [5.41, 5.74) is 0.839. The van der Waals surface area contributed by atoms with Crippen LogP contribution < -0.4 is 5.32 Å². The Balaban J connectivity index is 2.23. The van der Waals surface area contributed by atoms with E-state index in [1.165, 1.54) is 12.1 Å². The first kappa shape index (κ1) is 14.6. The van der Waals surface area contributed by atoms with Gasteiger partial charge in [-0.15, -0.1) is 0 Å². The highest BCUT2D eigenvalue weighted by atomic mass is 19.4. The molecule has 0 aliphatic heterocycles. The highest BCUT2D eigenvalue weighted by molar-refractivity contribution is 5.28. The Morgan fingerprint density at radius 2 is 2.05 bits per heavy atom. The Hall–Kier alpha value is -1.82. The van der Waals surface area contributed by atoms with Crippen molar-refractivity contribution in [1.82, 2.24) is 15.1 Å². The summed E-state index contributed by atoms with van der Waals surface area (Å²) in [6, 6.07) is 7.01. The van der Waals surface area contributed by atoms with E-state index in [0.29, 0.717) is 12.1 Å². The van der Waals surface area contributed by atoms with E-state index >= 15 is 0 Å². The van der Waals surface area contributed by atoms with Crippen molar-refractivity contribution < 1.29 is 13.2 Å². The fraction of sp³-hybridized carbons (Fsp3) is 0.357. The molecule has 0 amide bonds. The molecule has 0 aliphatic carbocycles. The van der Waals surface area contributed by atoms with Crippen molar-refractivity contribution >= 4 is 0 Å². The van der Waals surface area contributed by atoms with Crippen LogP contribution in [0.4, 0.5) is 13.2 Å². The van der Waals surface area contributed by atoms with E-state index < -0.39 is 11.7 Å². The minimum atomic E-state index is -4.32. The van der Waals surface area contributed by atoms with Crippen LogP contribution in [0.15, 0.2) is 36.5 Å². The molecular weight excluding hydrogens is 267 g/mol. The lowest BCUT2D eigenvalue weighted by Crippen LogP contribution is -2.22. The summed E-state index contributed by atoms with van der Waals surface area (Å²) in [6.45, 7) is 2.35. The Kier molecular flexibility index (Phi) is 4.13. The molecule has 0 saturated carbocycles. The third kappa shape index (κ3) is 3.39. The Bertz CT molecular complexity index is 575. The van der Waals surface area contributed by atoms with Crippen LogP contribution in [0.3, 0.4) is 0 Å². The first-order valence-corrected chi connectivity index (χ1v) is 6.24. The van der Waals surface area contributed by atoms with Crippen molar-refractivity contribution in [3.8, 4) is 0 Å². The fourth-order valence-corrected chi connectivity index (χ4v) is 2.05. The van der Waals surface area contributed by atoms with Gasteiger partial charge in [0.2, 0.25) is 0 Å². The lowest BCUT2D eigenvalue weighted by molar-refractivity contribution is -0.137. The molecule has 0 saturated heterocycles. The lowest BCUT2D eigenvalue weighted by atomic mass is 10.0. The van der Waals surface area contributed by atoms with E-state index in [-0.39, 0.29) is 6.04 Å². The minimum absolute atomic E-state index is 0.225. The first-order valence-electron chi connectivity index (χ1n) is 6.24. The van der Waals surface area contributed by atoms with Crippen molar-refractivity contribution in [1.29, 1.82) is 0 Å². The summed E-state index contributed by atoms with van der Waals surface area (Å²) < 4.78 is 39.9. The number of likely N-dealkylation sites (N-methyl/N-ethyl adjacent to an activating group) is 1. The van der Waals surface area contributed by atoms with Crippen LogP contribution in [0, 0.1) is 6.92 Å². The zero-order chi connectivity index (χ0) is 14.8. The van der Waals surface area contributed by atoms with Crippen LogP contribution >= 0.6 is 0 Å². The number of halogens is 3. The second-order valence-electron chi connectivity index (χ2n) is 4.64. The zero-order valence-electron chi connectivity index (χ0n) is 11.3. The molecule has 3 nitrogen and oxygen atoms in total. The van der Waals surface area contributed by atoms with Gasteiger partial charge in [-0.2, -0.15) is 18.3 Å². The van der Waals surface area contributed by atoms with E-state index in [9.17, 15) is 13.2 Å². The topological polar surface area (TPSA) is 29.9 Å². The average molecular weight is 283 g/mol. The number of hydrogen-bond acceptors (Lipinski definition) is 2. The third-order valence-electron chi connectivity index (χ3n) is 3.11. The number of hydrogen-bond donors (Lipinski definition) is 1. The second kappa shape index (κ2) is 5.66. The van der Waals surface area contributed by atoms with Crippen molar-refractivity contribution in [2.75, 3.05) is 7.05 Å². The highest BCUT2D eigenvalue weighted by Crippen LogP contribution is 2.30. The maximum atomic E-state index is 12.7. The van der Waals surface area contributed by atoms with E-state index in [0.717, 1.165) is 11.8 Å². The molecular formula is C14H16F3N3. The van der Waals surface area contributed by atoms with E-state index in [1.807, 2.05) is 19.2 Å². The summed E-state index contributed by atoms with van der Waals surface area (Å²) in [4.78, 5) is 0. The molecule has 1 aromatic heterocycles. The largest absolute Gasteiger partial charge is 0.416 e. The highest BCUT2D eigenvalue weighted by Gasteiger charge is 2.30. The van der Waals surface area contributed by atoms with Crippen molar-refractivity contribution in [2.45, 2.75) is 25.7 Å². The molecule has 1 atom stereocenters. The van der Waals surface area contributed by atoms with Gasteiger partial charge < -0.3 is 5.32 Å². The number of alkyl halides is 3. The van der Waals surface area contributed by atoms with Gasteiger partial charge in [0.05, 0.1) is 23.8 Å². The van der Waals surface area contributed by atoms with Crippen molar-refractivity contribution in [2.24, 2.45) is 0 Å². The minimum Gasteiger partial charge on any atom is -0.311 e. The van der Waals surface area contributed by atoms with Crippen LogP contribution in [0.5, 0.6) is 0 Å². The molecule has 0 fully saturated rings. The third-order valence-corrected chi connectivity index (χ3v) is 3.11. The van der Waals surface area contributed by atoms with Crippen LogP contribution in [0.25, 0.3) is 0 Å². The molecule has 108 valence electrons. The Morgan fingerprint density at radius 1 is 1.30 bits per heavy atom. The van der Waals surface area contributed by atoms with E-state index in [1.54, 1.807) is 17.8 Å². The van der Waals surface area contributed by atoms with Gasteiger partial charge in [0, 0.05) is 6.20 Å². The predicted molar refractivity (Wildman–Crippen MR) is 70.2 cm³/mol. The monoisotopic (exact) mass is 283 g/mol. The maximum Gasteiger partial charge on any atom is 0.416 e. The smallest absolute Gasteiger partial charge is 0.311 e. The van der Waals surface area contributed by atoms with Gasteiger partial charge in [-0.05, 0) is 37.7 Å². The zero-order valence-corrected chi connectivity index (χ0v) is 11.3. The fourth-order valence-electron chi connectivity index (χ4n) is 2.05. The molecule has 1 unspecified atom stereocenters.